The van der Waals surface area contributed by atoms with Crippen molar-refractivity contribution in [1.82, 2.24) is 103 Å². The number of imide groups is 1. The van der Waals surface area contributed by atoms with Gasteiger partial charge in [-0.3, -0.25) is 34.4 Å². The van der Waals surface area contributed by atoms with E-state index in [4.69, 9.17) is 78.8 Å². The van der Waals surface area contributed by atoms with Crippen LogP contribution in [0, 0.1) is 103 Å². The van der Waals surface area contributed by atoms with Gasteiger partial charge < -0.3 is 70.3 Å². The van der Waals surface area contributed by atoms with Gasteiger partial charge in [-0.25, -0.2) is 19.9 Å². The Hall–Kier alpha value is -11.6. The van der Waals surface area contributed by atoms with Crippen molar-refractivity contribution in [3.8, 4) is 58.9 Å². The molecule has 8 N–H and O–H groups in total. The molecule has 2 amide bonds. The first kappa shape index (κ1) is 98.9. The number of carbonyl (C=O) groups excluding carboxylic acids is 2. The molecule has 3 aliphatic heterocycles. The van der Waals surface area contributed by atoms with E-state index in [9.17, 15) is 9.59 Å². The van der Waals surface area contributed by atoms with E-state index in [1.54, 1.807) is 38.5 Å². The second-order valence-electron chi connectivity index (χ2n) is 33.1. The SMILES string of the molecule is CCCCC#Cc1cn(Cc2ncc(C)c(Br)c2C)c2nc(N)nc(Cl)c12.CCN1CCN(CCCC#Cc2cn(Cc3ncc(C)c(OC)c3C)c3nc(N)nc(Cl)c23)CC1.COc1c(C)cnc(Cn2cc(C#CCCCN3CCN(C)CC3)c3c(Cl)nc(N)nc32)c1C.Cc1cnc(Cn2cc(C#CCCCN3C(=O)c4ccccc4C3=O)c3c(Cl)nc(N)nc32)c(C)c1Br. The molecule has 29 nitrogen and oxygen atoms in total. The number of likely N-dealkylation sites (N-methyl/N-ethyl adjacent to an activating group) is 2. The Morgan fingerprint density at radius 1 is 0.398 bits per heavy atom. The Labute approximate surface area is 812 Å². The standard InChI is InChI=1S/C27H22BrClN6O2.C26H34ClN7O.C25H32ClN7O.C20H21BrClN5/c1-15-12-31-20(16(2)22(15)28)14-34-13-17(21-23(29)32-27(30)33-24(21)34)8-4-3-7-11-35-25(36)18-9-5-6-10-19(18)26(35)37;1-5-32-11-13-33(14-12-32)10-8-6-7-9-20-16-34(25-22(20)24(27)30-26(28)31-25)17-21-19(3)23(35-4)18(2)15-29-21;1-17-14-28-20(18(2)22(17)34-4)16-33-15-19(21-23(26)29-25(27)30-24(21)33)8-6-5-7-9-32-12-10-31(3)11-13-32;1-4-5-6-7-8-14-10-27(19-16(14)18(22)25-20(23)26-19)11-15-13(3)17(21)12(2)9-24-15/h5-6,9-10,12-13H,3,7,11,14H2,1-2H3,(H2,30,32,33);15-16H,5-6,8,10-14,17H2,1-4H3,(H2,28,30,31);14-15H,5,7,9-13,16H2,1-4H3,(H2,27,29,30);9-10H,4-6,11H2,1-3H3,(H2,23,25,26). The number of carbonyl (C=O) groups is 2. The highest BCUT2D eigenvalue weighted by Crippen LogP contribution is 2.36. The number of nitrogens with zero attached hydrogens (tertiary/aromatic N) is 21. The summed E-state index contributed by atoms with van der Waals surface area (Å²) in [5.41, 5.74) is 42.0. The molecule has 12 aromatic heterocycles. The van der Waals surface area contributed by atoms with E-state index in [2.05, 4.69) is 180 Å². The van der Waals surface area contributed by atoms with E-state index in [1.165, 1.54) is 4.90 Å². The number of nitrogens with two attached hydrogens (primary N) is 4. The first-order valence-electron chi connectivity index (χ1n) is 44.2. The van der Waals surface area contributed by atoms with Crippen LogP contribution in [-0.2, 0) is 26.2 Å². The Morgan fingerprint density at radius 2 is 0.692 bits per heavy atom. The molecule has 0 spiro atoms. The zero-order valence-corrected chi connectivity index (χ0v) is 83.4. The van der Waals surface area contributed by atoms with Gasteiger partial charge in [0.15, 0.2) is 0 Å². The Balaban J connectivity index is 0.000000151. The highest BCUT2D eigenvalue weighted by Gasteiger charge is 2.35. The lowest BCUT2D eigenvalue weighted by atomic mass is 10.1. The van der Waals surface area contributed by atoms with Crippen LogP contribution in [0.4, 0.5) is 23.8 Å². The van der Waals surface area contributed by atoms with Crippen LogP contribution >= 0.6 is 78.3 Å². The number of ether oxygens (including phenoxy) is 2. The monoisotopic (exact) mass is 2000 g/mol. The van der Waals surface area contributed by atoms with E-state index in [0.29, 0.717) is 106 Å². The number of hydrogen-bond acceptors (Lipinski definition) is 24. The van der Waals surface area contributed by atoms with Gasteiger partial charge in [0.05, 0.1) is 118 Å². The quantitative estimate of drug-likeness (QED) is 0.0212. The van der Waals surface area contributed by atoms with Gasteiger partial charge in [0.2, 0.25) is 23.8 Å². The molecule has 35 heteroatoms. The molecule has 0 unspecified atom stereocenters. The number of fused-ring (bicyclic) bond motifs is 5. The van der Waals surface area contributed by atoms with Crippen molar-refractivity contribution < 1.29 is 19.1 Å². The molecule has 0 atom stereocenters. The van der Waals surface area contributed by atoms with Gasteiger partial charge in [-0.05, 0) is 142 Å². The molecule has 0 radical (unpaired) electrons. The van der Waals surface area contributed by atoms with Crippen LogP contribution in [0.1, 0.15) is 182 Å². The van der Waals surface area contributed by atoms with Crippen LogP contribution in [-0.4, -0.2) is 214 Å². The van der Waals surface area contributed by atoms with Gasteiger partial charge in [0.1, 0.15) is 54.7 Å². The second-order valence-corrected chi connectivity index (χ2v) is 36.1. The summed E-state index contributed by atoms with van der Waals surface area (Å²) in [6.07, 6.45) is 22.9. The molecule has 16 rings (SSSR count). The van der Waals surface area contributed by atoms with Crippen LogP contribution in [0.5, 0.6) is 11.5 Å². The van der Waals surface area contributed by atoms with Gasteiger partial charge in [0.25, 0.3) is 11.8 Å². The topological polar surface area (TPSA) is 347 Å². The minimum Gasteiger partial charge on any atom is -0.496 e. The van der Waals surface area contributed by atoms with E-state index < -0.39 is 0 Å². The second kappa shape index (κ2) is 45.4. The van der Waals surface area contributed by atoms with Gasteiger partial charge >= 0.3 is 0 Å². The van der Waals surface area contributed by atoms with Crippen molar-refractivity contribution in [1.29, 1.82) is 0 Å². The van der Waals surface area contributed by atoms with Crippen molar-refractivity contribution in [2.45, 2.75) is 153 Å². The molecule has 2 saturated heterocycles. The number of amides is 2. The highest BCUT2D eigenvalue weighted by molar-refractivity contribution is 9.11. The molecule has 1 aromatic carbocycles. The zero-order valence-electron chi connectivity index (χ0n) is 77.2. The fraction of sp³-hybridized carbons (Fsp3) is 0.388. The molecule has 15 heterocycles. The predicted octanol–water partition coefficient (Wildman–Crippen LogP) is 16.6. The predicted molar refractivity (Wildman–Crippen MR) is 537 cm³/mol. The molecule has 2 fully saturated rings. The molecular formula is C98H109Br2Cl4N25O4. The summed E-state index contributed by atoms with van der Waals surface area (Å²) in [7, 11) is 5.53. The number of halogens is 6. The van der Waals surface area contributed by atoms with E-state index in [0.717, 1.165) is 238 Å². The number of hydrogen-bond donors (Lipinski definition) is 4. The zero-order chi connectivity index (χ0) is 95.0. The lowest BCUT2D eigenvalue weighted by Crippen LogP contribution is -2.46. The number of nitrogen functional groups attached to an aromatic ring is 4. The van der Waals surface area contributed by atoms with Crippen LogP contribution < -0.4 is 32.4 Å². The molecule has 13 aromatic rings. The smallest absolute Gasteiger partial charge is 0.261 e. The van der Waals surface area contributed by atoms with Gasteiger partial charge in [-0.1, -0.05) is 158 Å². The normalized spacial score (nSPS) is 13.4. The summed E-state index contributed by atoms with van der Waals surface area (Å²) in [6, 6.07) is 6.87. The molecule has 0 saturated carbocycles. The number of anilines is 4. The summed E-state index contributed by atoms with van der Waals surface area (Å²) in [5.74, 6) is 27.6. The average molecular weight is 2000 g/mol. The molecule has 3 aliphatic rings. The number of aromatic nitrogens is 16. The number of rotatable bonds is 22. The van der Waals surface area contributed by atoms with Crippen molar-refractivity contribution in [3.05, 3.63) is 204 Å². The molecule has 0 bridgehead atoms. The Bertz CT molecular complexity index is 6770. The molecular weight excluding hydrogens is 1890 g/mol. The number of piperazine rings is 2. The fourth-order valence-corrected chi connectivity index (χ4v) is 18.0. The Morgan fingerprint density at radius 3 is 1.01 bits per heavy atom. The van der Waals surface area contributed by atoms with Crippen LogP contribution in [0.25, 0.3) is 44.1 Å². The molecule has 692 valence electrons. The van der Waals surface area contributed by atoms with Crippen LogP contribution in [0.15, 0.2) is 82.8 Å². The van der Waals surface area contributed by atoms with Crippen molar-refractivity contribution in [2.24, 2.45) is 0 Å². The van der Waals surface area contributed by atoms with Crippen molar-refractivity contribution >= 4 is 158 Å². The third-order valence-electron chi connectivity index (χ3n) is 23.8. The van der Waals surface area contributed by atoms with Crippen molar-refractivity contribution in [3.63, 3.8) is 0 Å². The maximum absolute atomic E-state index is 12.5. The van der Waals surface area contributed by atoms with Crippen LogP contribution in [0.2, 0.25) is 20.6 Å². The van der Waals surface area contributed by atoms with E-state index in [-0.39, 0.29) is 40.8 Å². The lowest BCUT2D eigenvalue weighted by Gasteiger charge is -2.33. The number of aryl methyl sites for hydroxylation is 4. The van der Waals surface area contributed by atoms with E-state index >= 15 is 0 Å². The fourth-order valence-electron chi connectivity index (χ4n) is 16.3. The Kier molecular flexibility index (Phi) is 33.8. The van der Waals surface area contributed by atoms with Gasteiger partial charge in [0, 0.05) is 165 Å². The third kappa shape index (κ3) is 23.6. The number of unbranched alkanes of at least 4 members (excludes halogenated alkanes) is 5. The first-order valence-corrected chi connectivity index (χ1v) is 47.3. The largest absolute Gasteiger partial charge is 0.496 e. The van der Waals surface area contributed by atoms with Crippen LogP contribution in [0.3, 0.4) is 0 Å². The van der Waals surface area contributed by atoms with Crippen molar-refractivity contribution in [2.75, 3.05) is 123 Å². The summed E-state index contributed by atoms with van der Waals surface area (Å²) in [6.45, 7) is 35.1. The number of methoxy groups -OCH3 is 2. The van der Waals surface area contributed by atoms with Gasteiger partial charge in [-0.15, -0.1) is 0 Å². The maximum Gasteiger partial charge on any atom is 0.261 e. The summed E-state index contributed by atoms with van der Waals surface area (Å²) >= 11 is 33.0. The highest BCUT2D eigenvalue weighted by atomic mass is 79.9. The summed E-state index contributed by atoms with van der Waals surface area (Å²) < 4.78 is 21.1. The third-order valence-corrected chi connectivity index (χ3v) is 27.3. The minimum atomic E-state index is -0.259. The summed E-state index contributed by atoms with van der Waals surface area (Å²) in [5, 5.41) is 3.98. The lowest BCUT2D eigenvalue weighted by molar-refractivity contribution is 0.0653. The van der Waals surface area contributed by atoms with E-state index in [1.807, 2.05) is 123 Å². The number of pyridine rings is 4. The first-order chi connectivity index (χ1) is 63.9. The molecule has 0 aliphatic carbocycles. The van der Waals surface area contributed by atoms with Gasteiger partial charge in [-0.2, -0.15) is 19.9 Å². The minimum absolute atomic E-state index is 0.0760. The summed E-state index contributed by atoms with van der Waals surface area (Å²) in [4.78, 5) is 89.0. The molecule has 133 heavy (non-hydrogen) atoms. The maximum atomic E-state index is 12.5. The average Bonchev–Trinajstić information content (AvgIpc) is 1.64. The number of benzene rings is 1.